The van der Waals surface area contributed by atoms with Crippen LogP contribution in [0, 0.1) is 0 Å². The third kappa shape index (κ3) is 3.46. The lowest BCUT2D eigenvalue weighted by molar-refractivity contribution is 0.398. The Morgan fingerprint density at radius 2 is 2.17 bits per heavy atom. The van der Waals surface area contributed by atoms with Crippen LogP contribution >= 0.6 is 11.6 Å². The van der Waals surface area contributed by atoms with Crippen LogP contribution < -0.4 is 5.32 Å². The van der Waals surface area contributed by atoms with E-state index in [1.54, 1.807) is 18.2 Å². The van der Waals surface area contributed by atoms with Gasteiger partial charge in [0.25, 0.3) is 0 Å². The highest BCUT2D eigenvalue weighted by atomic mass is 35.5. The van der Waals surface area contributed by atoms with Crippen molar-refractivity contribution >= 4 is 21.4 Å². The summed E-state index contributed by atoms with van der Waals surface area (Å²) in [5.74, 6) is 0. The van der Waals surface area contributed by atoms with Gasteiger partial charge in [0.05, 0.1) is 4.90 Å². The van der Waals surface area contributed by atoms with Crippen molar-refractivity contribution in [2.24, 2.45) is 0 Å². The topological polar surface area (TPSA) is 46.2 Å². The molecule has 5 heteroatoms. The van der Waals surface area contributed by atoms with E-state index >= 15 is 0 Å². The maximum atomic E-state index is 11.7. The lowest BCUT2D eigenvalue weighted by Crippen LogP contribution is -2.35. The van der Waals surface area contributed by atoms with E-state index in [2.05, 4.69) is 5.32 Å². The highest BCUT2D eigenvalue weighted by Crippen LogP contribution is 2.23. The van der Waals surface area contributed by atoms with Gasteiger partial charge in [0.1, 0.15) is 0 Å². The SMILES string of the molecule is CS(=O)(=O)c1ccc(Cl)cc1CC1CCCCN1. The Morgan fingerprint density at radius 3 is 2.78 bits per heavy atom. The maximum absolute atomic E-state index is 11.7. The predicted molar refractivity (Wildman–Crippen MR) is 73.9 cm³/mol. The van der Waals surface area contributed by atoms with Gasteiger partial charge in [0.2, 0.25) is 0 Å². The van der Waals surface area contributed by atoms with Gasteiger partial charge in [0.15, 0.2) is 9.84 Å². The zero-order valence-electron chi connectivity index (χ0n) is 10.4. The molecule has 1 atom stereocenters. The minimum absolute atomic E-state index is 0.359. The van der Waals surface area contributed by atoms with Crippen LogP contribution in [-0.4, -0.2) is 27.3 Å². The Kier molecular flexibility index (Phi) is 4.30. The Balaban J connectivity index is 2.27. The monoisotopic (exact) mass is 287 g/mol. The molecule has 0 spiro atoms. The summed E-state index contributed by atoms with van der Waals surface area (Å²) in [6.07, 6.45) is 5.46. The van der Waals surface area contributed by atoms with Gasteiger partial charge in [-0.3, -0.25) is 0 Å². The highest BCUT2D eigenvalue weighted by molar-refractivity contribution is 7.90. The van der Waals surface area contributed by atoms with Crippen molar-refractivity contribution in [3.63, 3.8) is 0 Å². The average molecular weight is 288 g/mol. The Hall–Kier alpha value is -0.580. The number of nitrogens with one attached hydrogen (secondary N) is 1. The van der Waals surface area contributed by atoms with E-state index in [0.29, 0.717) is 16.0 Å². The maximum Gasteiger partial charge on any atom is 0.175 e. The molecule has 1 unspecified atom stereocenters. The van der Waals surface area contributed by atoms with Gasteiger partial charge < -0.3 is 5.32 Å². The van der Waals surface area contributed by atoms with Crippen molar-refractivity contribution in [3.05, 3.63) is 28.8 Å². The van der Waals surface area contributed by atoms with Crippen LogP contribution in [0.25, 0.3) is 0 Å². The molecule has 1 aliphatic rings. The van der Waals surface area contributed by atoms with Crippen LogP contribution in [-0.2, 0) is 16.3 Å². The number of piperidine rings is 1. The number of sulfone groups is 1. The highest BCUT2D eigenvalue weighted by Gasteiger charge is 2.19. The van der Waals surface area contributed by atoms with Crippen molar-refractivity contribution in [1.82, 2.24) is 5.32 Å². The molecule has 1 aromatic rings. The second-order valence-corrected chi connectivity index (χ2v) is 7.30. The Labute approximate surface area is 113 Å². The second kappa shape index (κ2) is 5.59. The molecule has 18 heavy (non-hydrogen) atoms. The summed E-state index contributed by atoms with van der Waals surface area (Å²) < 4.78 is 23.5. The van der Waals surface area contributed by atoms with Crippen molar-refractivity contribution in [3.8, 4) is 0 Å². The first-order chi connectivity index (χ1) is 8.47. The van der Waals surface area contributed by atoms with Crippen LogP contribution in [0.3, 0.4) is 0 Å². The number of hydrogen-bond acceptors (Lipinski definition) is 3. The number of benzene rings is 1. The molecule has 3 nitrogen and oxygen atoms in total. The van der Waals surface area contributed by atoms with Gasteiger partial charge in [-0.15, -0.1) is 0 Å². The van der Waals surface area contributed by atoms with Crippen LogP contribution in [0.4, 0.5) is 0 Å². The van der Waals surface area contributed by atoms with E-state index in [9.17, 15) is 8.42 Å². The first-order valence-corrected chi connectivity index (χ1v) is 8.45. The molecule has 0 aromatic heterocycles. The summed E-state index contributed by atoms with van der Waals surface area (Å²) in [7, 11) is -3.19. The van der Waals surface area contributed by atoms with E-state index < -0.39 is 9.84 Å². The first kappa shape index (κ1) is 13.8. The standard InChI is InChI=1S/C13H18ClNO2S/c1-18(16,17)13-6-5-11(14)8-10(13)9-12-4-2-3-7-15-12/h5-6,8,12,15H,2-4,7,9H2,1H3. The summed E-state index contributed by atoms with van der Waals surface area (Å²) in [5, 5.41) is 4.02. The molecule has 0 saturated carbocycles. The average Bonchev–Trinajstić information content (AvgIpc) is 2.28. The summed E-state index contributed by atoms with van der Waals surface area (Å²) in [5.41, 5.74) is 0.824. The summed E-state index contributed by atoms with van der Waals surface area (Å²) in [6.45, 7) is 1.01. The van der Waals surface area contributed by atoms with E-state index in [4.69, 9.17) is 11.6 Å². The smallest absolute Gasteiger partial charge is 0.175 e. The third-order valence-corrected chi connectivity index (χ3v) is 4.73. The van der Waals surface area contributed by atoms with Gasteiger partial charge in [-0.25, -0.2) is 8.42 Å². The lowest BCUT2D eigenvalue weighted by atomic mass is 9.98. The molecular weight excluding hydrogens is 270 g/mol. The van der Waals surface area contributed by atoms with E-state index in [-0.39, 0.29) is 0 Å². The number of hydrogen-bond donors (Lipinski definition) is 1. The van der Waals surface area contributed by atoms with E-state index in [0.717, 1.165) is 24.9 Å². The summed E-state index contributed by atoms with van der Waals surface area (Å²) in [4.78, 5) is 0.402. The Bertz CT molecular complexity index is 522. The molecule has 0 radical (unpaired) electrons. The molecule has 1 saturated heterocycles. The Morgan fingerprint density at radius 1 is 1.39 bits per heavy atom. The molecular formula is C13H18ClNO2S. The molecule has 0 bridgehead atoms. The van der Waals surface area contributed by atoms with Gasteiger partial charge in [-0.2, -0.15) is 0 Å². The minimum Gasteiger partial charge on any atom is -0.314 e. The second-order valence-electron chi connectivity index (χ2n) is 4.88. The molecule has 1 aliphatic heterocycles. The predicted octanol–water partition coefficient (Wildman–Crippen LogP) is 2.43. The molecule has 1 heterocycles. The van der Waals surface area contributed by atoms with Crippen molar-refractivity contribution in [2.45, 2.75) is 36.6 Å². The van der Waals surface area contributed by atoms with Crippen LogP contribution in [0.15, 0.2) is 23.1 Å². The largest absolute Gasteiger partial charge is 0.314 e. The molecule has 100 valence electrons. The first-order valence-electron chi connectivity index (χ1n) is 6.19. The molecule has 0 amide bonds. The molecule has 1 aromatic carbocycles. The lowest BCUT2D eigenvalue weighted by Gasteiger charge is -2.24. The molecule has 2 rings (SSSR count). The van der Waals surface area contributed by atoms with Crippen LogP contribution in [0.1, 0.15) is 24.8 Å². The fourth-order valence-corrected chi connectivity index (χ4v) is 3.56. The fraction of sp³-hybridized carbons (Fsp3) is 0.538. The zero-order valence-corrected chi connectivity index (χ0v) is 12.0. The zero-order chi connectivity index (χ0) is 13.2. The molecule has 1 N–H and O–H groups in total. The third-order valence-electron chi connectivity index (χ3n) is 3.30. The van der Waals surface area contributed by atoms with E-state index in [1.807, 2.05) is 0 Å². The van der Waals surface area contributed by atoms with Gasteiger partial charge in [0, 0.05) is 17.3 Å². The fourth-order valence-electron chi connectivity index (χ4n) is 2.43. The number of halogens is 1. The van der Waals surface area contributed by atoms with Crippen LogP contribution in [0.2, 0.25) is 5.02 Å². The van der Waals surface area contributed by atoms with Gasteiger partial charge in [-0.1, -0.05) is 18.0 Å². The van der Waals surface area contributed by atoms with Crippen molar-refractivity contribution in [1.29, 1.82) is 0 Å². The quantitative estimate of drug-likeness (QED) is 0.929. The summed E-state index contributed by atoms with van der Waals surface area (Å²) >= 11 is 5.97. The molecule has 1 fully saturated rings. The number of rotatable bonds is 3. The van der Waals surface area contributed by atoms with Gasteiger partial charge in [-0.05, 0) is 49.6 Å². The van der Waals surface area contributed by atoms with Crippen molar-refractivity contribution in [2.75, 3.05) is 12.8 Å². The minimum atomic E-state index is -3.19. The van der Waals surface area contributed by atoms with Crippen LogP contribution in [0.5, 0.6) is 0 Å². The summed E-state index contributed by atoms with van der Waals surface area (Å²) in [6, 6.07) is 5.37. The van der Waals surface area contributed by atoms with Gasteiger partial charge >= 0.3 is 0 Å². The normalized spacial score (nSPS) is 20.9. The van der Waals surface area contributed by atoms with Crippen molar-refractivity contribution < 1.29 is 8.42 Å². The van der Waals surface area contributed by atoms with E-state index in [1.165, 1.54) is 19.1 Å². The molecule has 0 aliphatic carbocycles.